The van der Waals surface area contributed by atoms with Crippen LogP contribution in [-0.2, 0) is 4.79 Å². The lowest BCUT2D eigenvalue weighted by Crippen LogP contribution is -2.60. The zero-order valence-corrected chi connectivity index (χ0v) is 13.6. The van der Waals surface area contributed by atoms with Gasteiger partial charge in [-0.2, -0.15) is 0 Å². The number of nitro benzene ring substituents is 1. The lowest BCUT2D eigenvalue weighted by molar-refractivity contribution is -0.384. The van der Waals surface area contributed by atoms with Gasteiger partial charge in [-0.05, 0) is 68.4 Å². The molecule has 6 heteroatoms. The lowest BCUT2D eigenvalue weighted by atomic mass is 9.53. The van der Waals surface area contributed by atoms with Gasteiger partial charge in [-0.15, -0.1) is 0 Å². The number of hydrogen-bond acceptors (Lipinski definition) is 4. The van der Waals surface area contributed by atoms with Crippen LogP contribution in [-0.4, -0.2) is 23.0 Å². The van der Waals surface area contributed by atoms with Crippen LogP contribution in [0, 0.1) is 27.9 Å². The summed E-state index contributed by atoms with van der Waals surface area (Å²) in [6, 6.07) is 5.81. The quantitative estimate of drug-likeness (QED) is 0.664. The van der Waals surface area contributed by atoms with E-state index in [1.807, 2.05) is 0 Å². The van der Waals surface area contributed by atoms with Crippen LogP contribution in [0.1, 0.15) is 38.5 Å². The predicted molar refractivity (Wildman–Crippen MR) is 87.6 cm³/mol. The Labute approximate surface area is 140 Å². The number of nitrogens with zero attached hydrogens (tertiary/aromatic N) is 1. The minimum Gasteiger partial charge on any atom is -0.484 e. The van der Waals surface area contributed by atoms with E-state index in [9.17, 15) is 14.9 Å². The smallest absolute Gasteiger partial charge is 0.269 e. The van der Waals surface area contributed by atoms with E-state index in [0.717, 1.165) is 37.0 Å². The van der Waals surface area contributed by atoms with Gasteiger partial charge in [0.2, 0.25) is 0 Å². The molecule has 1 aromatic carbocycles. The normalized spacial score (nSPS) is 33.2. The first-order valence-corrected chi connectivity index (χ1v) is 8.70. The van der Waals surface area contributed by atoms with Crippen molar-refractivity contribution in [1.29, 1.82) is 0 Å². The zero-order valence-electron chi connectivity index (χ0n) is 13.6. The molecule has 4 saturated carbocycles. The van der Waals surface area contributed by atoms with E-state index in [1.54, 1.807) is 0 Å². The summed E-state index contributed by atoms with van der Waals surface area (Å²) in [5, 5.41) is 13.9. The number of nitrogens with one attached hydrogen (secondary N) is 1. The van der Waals surface area contributed by atoms with Crippen LogP contribution < -0.4 is 10.1 Å². The summed E-state index contributed by atoms with van der Waals surface area (Å²) < 4.78 is 5.48. The number of non-ortho nitro benzene ring substituents is 1. The Bertz CT molecular complexity index is 620. The molecule has 4 fully saturated rings. The summed E-state index contributed by atoms with van der Waals surface area (Å²) in [6.07, 6.45) is 7.37. The van der Waals surface area contributed by atoms with Crippen LogP contribution in [0.5, 0.6) is 5.75 Å². The molecule has 1 amide bonds. The third-order valence-electron chi connectivity index (χ3n) is 5.86. The maximum Gasteiger partial charge on any atom is 0.269 e. The monoisotopic (exact) mass is 330 g/mol. The van der Waals surface area contributed by atoms with Crippen LogP contribution >= 0.6 is 0 Å². The fourth-order valence-electron chi connectivity index (χ4n) is 5.41. The van der Waals surface area contributed by atoms with Crippen molar-refractivity contribution in [2.45, 2.75) is 44.1 Å². The van der Waals surface area contributed by atoms with Crippen molar-refractivity contribution in [3.63, 3.8) is 0 Å². The highest BCUT2D eigenvalue weighted by atomic mass is 16.6. The molecule has 24 heavy (non-hydrogen) atoms. The molecule has 0 aliphatic heterocycles. The lowest BCUT2D eigenvalue weighted by Gasteiger charge is -2.56. The highest BCUT2D eigenvalue weighted by Gasteiger charge is 2.51. The van der Waals surface area contributed by atoms with E-state index in [2.05, 4.69) is 5.32 Å². The van der Waals surface area contributed by atoms with Crippen molar-refractivity contribution in [2.75, 3.05) is 6.61 Å². The van der Waals surface area contributed by atoms with Gasteiger partial charge in [0.15, 0.2) is 6.61 Å². The molecule has 4 aliphatic carbocycles. The van der Waals surface area contributed by atoms with Crippen molar-refractivity contribution >= 4 is 11.6 Å². The van der Waals surface area contributed by atoms with Gasteiger partial charge >= 0.3 is 0 Å². The average Bonchev–Trinajstić information content (AvgIpc) is 2.51. The van der Waals surface area contributed by atoms with Gasteiger partial charge in [-0.3, -0.25) is 14.9 Å². The van der Waals surface area contributed by atoms with Crippen LogP contribution in [0.3, 0.4) is 0 Å². The van der Waals surface area contributed by atoms with Gasteiger partial charge in [-0.25, -0.2) is 0 Å². The maximum atomic E-state index is 12.3. The molecule has 0 unspecified atom stereocenters. The molecular weight excluding hydrogens is 308 g/mol. The largest absolute Gasteiger partial charge is 0.484 e. The summed E-state index contributed by atoms with van der Waals surface area (Å²) >= 11 is 0. The van der Waals surface area contributed by atoms with E-state index in [1.165, 1.54) is 43.5 Å². The Morgan fingerprint density at radius 2 is 1.67 bits per heavy atom. The summed E-state index contributed by atoms with van der Waals surface area (Å²) in [6.45, 7) is -0.0421. The van der Waals surface area contributed by atoms with E-state index in [0.29, 0.717) is 5.75 Å². The number of ether oxygens (including phenoxy) is 1. The number of hydrogen-bond donors (Lipinski definition) is 1. The molecule has 1 aromatic rings. The fourth-order valence-corrected chi connectivity index (χ4v) is 5.41. The van der Waals surface area contributed by atoms with E-state index in [-0.39, 0.29) is 23.7 Å². The van der Waals surface area contributed by atoms with Crippen LogP contribution in [0.4, 0.5) is 5.69 Å². The third-order valence-corrected chi connectivity index (χ3v) is 5.86. The van der Waals surface area contributed by atoms with Gasteiger partial charge in [-0.1, -0.05) is 0 Å². The molecule has 0 spiro atoms. The van der Waals surface area contributed by atoms with Gasteiger partial charge < -0.3 is 10.1 Å². The molecule has 128 valence electrons. The van der Waals surface area contributed by atoms with E-state index < -0.39 is 4.92 Å². The predicted octanol–water partition coefficient (Wildman–Crippen LogP) is 3.06. The van der Waals surface area contributed by atoms with Crippen molar-refractivity contribution in [3.05, 3.63) is 34.4 Å². The Morgan fingerprint density at radius 1 is 1.12 bits per heavy atom. The summed E-state index contributed by atoms with van der Waals surface area (Å²) in [4.78, 5) is 22.5. The zero-order chi connectivity index (χ0) is 16.7. The molecule has 5 rings (SSSR count). The first-order valence-electron chi connectivity index (χ1n) is 8.70. The number of nitro groups is 1. The first kappa shape index (κ1) is 15.4. The molecule has 0 aromatic heterocycles. The van der Waals surface area contributed by atoms with Crippen molar-refractivity contribution < 1.29 is 14.5 Å². The van der Waals surface area contributed by atoms with Gasteiger partial charge in [0.05, 0.1) is 4.92 Å². The molecule has 1 N–H and O–H groups in total. The van der Waals surface area contributed by atoms with Crippen molar-refractivity contribution in [2.24, 2.45) is 17.8 Å². The van der Waals surface area contributed by atoms with Gasteiger partial charge in [0.1, 0.15) is 5.75 Å². The Balaban J connectivity index is 1.33. The molecule has 0 saturated heterocycles. The van der Waals surface area contributed by atoms with Gasteiger partial charge in [0, 0.05) is 17.7 Å². The number of rotatable bonds is 5. The second-order valence-corrected chi connectivity index (χ2v) is 7.79. The highest BCUT2D eigenvalue weighted by Crippen LogP contribution is 2.55. The molecule has 4 bridgehead atoms. The number of carbonyl (C=O) groups excluding carboxylic acids is 1. The SMILES string of the molecule is O=C(COc1ccc([N+](=O)[O-])cc1)NC12CC3CC(CC(C3)C1)C2. The maximum absolute atomic E-state index is 12.3. The van der Waals surface area contributed by atoms with Crippen LogP contribution in [0.2, 0.25) is 0 Å². The standard InChI is InChI=1S/C18H22N2O4/c21-17(11-24-16-3-1-15(2-4-16)20(22)23)19-18-8-12-5-13(9-18)7-14(6-12)10-18/h1-4,12-14H,5-11H2,(H,19,21). The second-order valence-electron chi connectivity index (χ2n) is 7.79. The molecule has 4 aliphatic rings. The summed E-state index contributed by atoms with van der Waals surface area (Å²) in [7, 11) is 0. The Kier molecular flexibility index (Phi) is 3.70. The summed E-state index contributed by atoms with van der Waals surface area (Å²) in [5.41, 5.74) is 0.00497. The minimum atomic E-state index is -0.455. The third kappa shape index (κ3) is 2.97. The average molecular weight is 330 g/mol. The van der Waals surface area contributed by atoms with Crippen molar-refractivity contribution in [3.8, 4) is 5.75 Å². The van der Waals surface area contributed by atoms with E-state index in [4.69, 9.17) is 4.74 Å². The first-order chi connectivity index (χ1) is 11.5. The van der Waals surface area contributed by atoms with Gasteiger partial charge in [0.25, 0.3) is 11.6 Å². The molecule has 6 nitrogen and oxygen atoms in total. The molecular formula is C18H22N2O4. The Morgan fingerprint density at radius 3 is 2.17 bits per heavy atom. The molecule has 0 heterocycles. The highest BCUT2D eigenvalue weighted by molar-refractivity contribution is 5.78. The van der Waals surface area contributed by atoms with Crippen LogP contribution in [0.15, 0.2) is 24.3 Å². The number of carbonyl (C=O) groups is 1. The minimum absolute atomic E-state index is 0.00926. The molecule has 0 radical (unpaired) electrons. The number of benzene rings is 1. The summed E-state index contributed by atoms with van der Waals surface area (Å²) in [5.74, 6) is 2.74. The van der Waals surface area contributed by atoms with E-state index >= 15 is 0 Å². The Hall–Kier alpha value is -2.11. The second kappa shape index (κ2) is 5.76. The number of amides is 1. The fraction of sp³-hybridized carbons (Fsp3) is 0.611. The topological polar surface area (TPSA) is 81.5 Å². The van der Waals surface area contributed by atoms with Crippen molar-refractivity contribution in [1.82, 2.24) is 5.32 Å². The van der Waals surface area contributed by atoms with Crippen LogP contribution in [0.25, 0.3) is 0 Å². The molecule has 0 atom stereocenters.